The third-order valence-corrected chi connectivity index (χ3v) is 1.80. The number of hydrogen-bond acceptors (Lipinski definition) is 0. The molecule has 1 aromatic carbocycles. The minimum absolute atomic E-state index is 0. The predicted molar refractivity (Wildman–Crippen MR) is 67.2 cm³/mol. The van der Waals surface area contributed by atoms with E-state index in [4.69, 9.17) is 0 Å². The molecule has 0 radical (unpaired) electrons. The highest BCUT2D eigenvalue weighted by molar-refractivity contribution is 6.88. The fourth-order valence-electron chi connectivity index (χ4n) is 1.03. The lowest BCUT2D eigenvalue weighted by Gasteiger charge is -2.24. The molecule has 0 aliphatic carbocycles. The molecule has 0 N–H and O–H groups in total. The van der Waals surface area contributed by atoms with Crippen molar-refractivity contribution in [2.24, 2.45) is 0 Å². The molecule has 0 aliphatic rings. The SMILES string of the molecule is CC.C[B-](C)(C)c1ccccc1.[CH3+]. The first-order chi connectivity index (χ1) is 5.61. The van der Waals surface area contributed by atoms with Gasteiger partial charge in [0.25, 0.3) is 0 Å². The Morgan fingerprint density at radius 1 is 0.846 bits per heavy atom. The Balaban J connectivity index is 0. The van der Waals surface area contributed by atoms with E-state index in [-0.39, 0.29) is 13.6 Å². The molecule has 0 fully saturated rings. The van der Waals surface area contributed by atoms with Crippen molar-refractivity contribution in [2.75, 3.05) is 0 Å². The maximum absolute atomic E-state index is 2.29. The van der Waals surface area contributed by atoms with Gasteiger partial charge in [-0.05, 0) is 0 Å². The molecule has 0 aromatic heterocycles. The Kier molecular flexibility index (Phi) is 7.50. The predicted octanol–water partition coefficient (Wildman–Crippen LogP) is 3.71. The summed E-state index contributed by atoms with van der Waals surface area (Å²) in [5, 5.41) is 0. The van der Waals surface area contributed by atoms with Gasteiger partial charge in [0.2, 0.25) is 0 Å². The lowest BCUT2D eigenvalue weighted by Crippen LogP contribution is -2.37. The van der Waals surface area contributed by atoms with Crippen LogP contribution in [-0.2, 0) is 0 Å². The topological polar surface area (TPSA) is 0 Å². The maximum Gasteiger partial charge on any atom is 0.0467 e. The Morgan fingerprint density at radius 2 is 1.23 bits per heavy atom. The summed E-state index contributed by atoms with van der Waals surface area (Å²) < 4.78 is 0. The van der Waals surface area contributed by atoms with Crippen LogP contribution in [0, 0.1) is 7.43 Å². The molecule has 0 spiro atoms. The second kappa shape index (κ2) is 6.65. The fourth-order valence-corrected chi connectivity index (χ4v) is 1.03. The zero-order chi connectivity index (χ0) is 9.61. The molecule has 0 unspecified atom stereocenters. The first kappa shape index (κ1) is 14.7. The summed E-state index contributed by atoms with van der Waals surface area (Å²) in [5.74, 6) is 0. The molecule has 0 atom stereocenters. The average Bonchev–Trinajstić information content (AvgIpc) is 2.08. The summed E-state index contributed by atoms with van der Waals surface area (Å²) in [6, 6.07) is 10.6. The average molecular weight is 178 g/mol. The van der Waals surface area contributed by atoms with Crippen LogP contribution in [0.15, 0.2) is 30.3 Å². The zero-order valence-corrected chi connectivity index (χ0v) is 9.96. The van der Waals surface area contributed by atoms with Gasteiger partial charge < -0.3 is 0 Å². The van der Waals surface area contributed by atoms with Gasteiger partial charge in [0.1, 0.15) is 0 Å². The first-order valence-electron chi connectivity index (χ1n) is 4.93. The minimum atomic E-state index is -0.304. The van der Waals surface area contributed by atoms with E-state index in [2.05, 4.69) is 50.8 Å². The molecule has 1 rings (SSSR count). The smallest absolute Gasteiger partial charge is 0.0467 e. The molecule has 0 amide bonds. The van der Waals surface area contributed by atoms with Crippen molar-refractivity contribution in [3.8, 4) is 0 Å². The van der Waals surface area contributed by atoms with Gasteiger partial charge in [0.05, 0.1) is 0 Å². The van der Waals surface area contributed by atoms with Gasteiger partial charge in [0, 0.05) is 13.6 Å². The van der Waals surface area contributed by atoms with Crippen LogP contribution in [0.4, 0.5) is 0 Å². The molecule has 0 saturated heterocycles. The standard InChI is InChI=1S/C9H14B.C2H6.CH3/c1-10(2,3)9-7-5-4-6-8-9;1-2;/h4-8H,1-3H3;1-2H3;1H3/q-1;;+1. The fraction of sp³-hybridized carbons (Fsp3) is 0.417. The van der Waals surface area contributed by atoms with Crippen LogP contribution in [0.25, 0.3) is 0 Å². The minimum Gasteiger partial charge on any atom is -0.211 e. The summed E-state index contributed by atoms with van der Waals surface area (Å²) >= 11 is 0. The lowest BCUT2D eigenvalue weighted by molar-refractivity contribution is 1.50. The van der Waals surface area contributed by atoms with Gasteiger partial charge in [-0.1, -0.05) is 44.2 Å². The largest absolute Gasteiger partial charge is 0.211 e. The van der Waals surface area contributed by atoms with E-state index in [9.17, 15) is 0 Å². The van der Waals surface area contributed by atoms with Crippen molar-refractivity contribution in [3.63, 3.8) is 0 Å². The second-order valence-corrected chi connectivity index (χ2v) is 4.01. The lowest BCUT2D eigenvalue weighted by atomic mass is 9.27. The summed E-state index contributed by atoms with van der Waals surface area (Å²) in [6.07, 6.45) is -0.304. The van der Waals surface area contributed by atoms with Crippen molar-refractivity contribution < 1.29 is 0 Å². The Labute approximate surface area is 84.3 Å². The van der Waals surface area contributed by atoms with Crippen LogP contribution in [0.5, 0.6) is 0 Å². The maximum atomic E-state index is 2.29. The Hall–Kier alpha value is -0.845. The van der Waals surface area contributed by atoms with Crippen LogP contribution in [0.3, 0.4) is 0 Å². The van der Waals surface area contributed by atoms with E-state index in [1.165, 1.54) is 5.46 Å². The molecule has 0 heterocycles. The van der Waals surface area contributed by atoms with E-state index >= 15 is 0 Å². The van der Waals surface area contributed by atoms with Crippen molar-refractivity contribution >= 4 is 11.6 Å². The van der Waals surface area contributed by atoms with Crippen LogP contribution in [0.1, 0.15) is 13.8 Å². The van der Waals surface area contributed by atoms with E-state index in [1.807, 2.05) is 13.8 Å². The molecule has 74 valence electrons. The highest BCUT2D eigenvalue weighted by Crippen LogP contribution is 2.00. The van der Waals surface area contributed by atoms with Gasteiger partial charge in [-0.2, -0.15) is 20.5 Å². The van der Waals surface area contributed by atoms with Crippen LogP contribution >= 0.6 is 0 Å². The number of rotatable bonds is 1. The second-order valence-electron chi connectivity index (χ2n) is 4.01. The molecule has 0 bridgehead atoms. The van der Waals surface area contributed by atoms with E-state index in [1.54, 1.807) is 0 Å². The molecule has 1 heteroatoms. The van der Waals surface area contributed by atoms with Gasteiger partial charge in [0.15, 0.2) is 0 Å². The van der Waals surface area contributed by atoms with Crippen LogP contribution < -0.4 is 5.46 Å². The van der Waals surface area contributed by atoms with Gasteiger partial charge >= 0.3 is 0 Å². The first-order valence-corrected chi connectivity index (χ1v) is 4.93. The summed E-state index contributed by atoms with van der Waals surface area (Å²) in [6.45, 7) is 10.9. The number of hydrogen-bond donors (Lipinski definition) is 0. The van der Waals surface area contributed by atoms with Crippen molar-refractivity contribution in [1.82, 2.24) is 0 Å². The molecule has 13 heavy (non-hydrogen) atoms. The molecular weight excluding hydrogens is 155 g/mol. The van der Waals surface area contributed by atoms with Crippen molar-refractivity contribution in [3.05, 3.63) is 37.8 Å². The Morgan fingerprint density at radius 3 is 1.46 bits per heavy atom. The van der Waals surface area contributed by atoms with Crippen LogP contribution in [0.2, 0.25) is 20.5 Å². The van der Waals surface area contributed by atoms with E-state index in [0.717, 1.165) is 0 Å². The summed E-state index contributed by atoms with van der Waals surface area (Å²) in [7, 11) is 0. The van der Waals surface area contributed by atoms with E-state index in [0.29, 0.717) is 0 Å². The highest BCUT2D eigenvalue weighted by atomic mass is 13.8. The van der Waals surface area contributed by atoms with Gasteiger partial charge in [-0.25, -0.2) is 5.46 Å². The third kappa shape index (κ3) is 5.40. The monoisotopic (exact) mass is 178 g/mol. The van der Waals surface area contributed by atoms with Crippen LogP contribution in [-0.4, -0.2) is 6.15 Å². The third-order valence-electron chi connectivity index (χ3n) is 1.80. The number of benzene rings is 1. The summed E-state index contributed by atoms with van der Waals surface area (Å²) in [4.78, 5) is 0. The van der Waals surface area contributed by atoms with Gasteiger partial charge in [-0.3, -0.25) is 0 Å². The van der Waals surface area contributed by atoms with Crippen molar-refractivity contribution in [1.29, 1.82) is 0 Å². The normalized spacial score (nSPS) is 9.31. The van der Waals surface area contributed by atoms with E-state index < -0.39 is 0 Å². The molecule has 0 aliphatic heterocycles. The zero-order valence-electron chi connectivity index (χ0n) is 9.96. The molecule has 1 aromatic rings. The highest BCUT2D eigenvalue weighted by Gasteiger charge is 2.05. The molecule has 0 nitrogen and oxygen atoms in total. The Bertz CT molecular complexity index is 196. The summed E-state index contributed by atoms with van der Waals surface area (Å²) in [5.41, 5.74) is 1.46. The quantitative estimate of drug-likeness (QED) is 0.454. The molecule has 0 saturated carbocycles. The van der Waals surface area contributed by atoms with Gasteiger partial charge in [-0.15, -0.1) is 0 Å². The molecular formula is C12H23B. The van der Waals surface area contributed by atoms with Crippen molar-refractivity contribution in [2.45, 2.75) is 34.3 Å².